The maximum atomic E-state index is 15.0. The lowest BCUT2D eigenvalue weighted by Gasteiger charge is -2.42. The molecule has 3 atom stereocenters. The van der Waals surface area contributed by atoms with Gasteiger partial charge in [0.2, 0.25) is 0 Å². The zero-order valence-corrected chi connectivity index (χ0v) is 18.0. The van der Waals surface area contributed by atoms with Crippen molar-refractivity contribution in [2.24, 2.45) is 0 Å². The van der Waals surface area contributed by atoms with Gasteiger partial charge < -0.3 is 19.7 Å². The van der Waals surface area contributed by atoms with Crippen molar-refractivity contribution in [2.45, 2.75) is 63.8 Å². The first-order valence-electron chi connectivity index (χ1n) is 10.5. The minimum absolute atomic E-state index is 0.0150. The summed E-state index contributed by atoms with van der Waals surface area (Å²) in [6, 6.07) is 3.69. The predicted octanol–water partition coefficient (Wildman–Crippen LogP) is 2.81. The summed E-state index contributed by atoms with van der Waals surface area (Å²) in [5, 5.41) is 13.0. The zero-order valence-electron chi connectivity index (χ0n) is 18.0. The summed E-state index contributed by atoms with van der Waals surface area (Å²) in [7, 11) is 1.82. The number of ether oxygens (including phenoxy) is 2. The van der Waals surface area contributed by atoms with E-state index >= 15 is 0 Å². The summed E-state index contributed by atoms with van der Waals surface area (Å²) < 4.78 is 26.4. The van der Waals surface area contributed by atoms with Gasteiger partial charge in [0.25, 0.3) is 0 Å². The van der Waals surface area contributed by atoms with E-state index < -0.39 is 5.60 Å². The number of likely N-dealkylation sites (N-methyl/N-ethyl adjacent to an activating group) is 1. The van der Waals surface area contributed by atoms with E-state index in [9.17, 15) is 14.4 Å². The predicted molar refractivity (Wildman–Crippen MR) is 110 cm³/mol. The van der Waals surface area contributed by atoms with Crippen LogP contribution in [0, 0.1) is 17.1 Å². The van der Waals surface area contributed by atoms with Crippen LogP contribution in [0.2, 0.25) is 0 Å². The molecule has 7 nitrogen and oxygen atoms in total. The number of halogens is 1. The second-order valence-electron chi connectivity index (χ2n) is 9.35. The summed E-state index contributed by atoms with van der Waals surface area (Å²) in [6.45, 7) is 7.06. The summed E-state index contributed by atoms with van der Waals surface area (Å²) in [5.41, 5.74) is 0.839. The Kier molecular flexibility index (Phi) is 5.27. The minimum atomic E-state index is -0.550. The van der Waals surface area contributed by atoms with E-state index in [1.807, 2.05) is 37.6 Å². The highest BCUT2D eigenvalue weighted by molar-refractivity contribution is 5.72. The molecule has 0 saturated carbocycles. The molecule has 2 unspecified atom stereocenters. The summed E-state index contributed by atoms with van der Waals surface area (Å²) in [4.78, 5) is 16.5. The number of piperazine rings is 1. The number of amides is 1. The molecule has 8 heteroatoms. The normalized spacial score (nSPS) is 25.4. The molecule has 0 radical (unpaired) electrons. The summed E-state index contributed by atoms with van der Waals surface area (Å²) in [5.74, 6) is 0.0155. The van der Waals surface area contributed by atoms with E-state index in [0.717, 1.165) is 12.8 Å². The second-order valence-corrected chi connectivity index (χ2v) is 9.35. The largest absolute Gasteiger partial charge is 0.490 e. The smallest absolute Gasteiger partial charge is 0.410 e. The van der Waals surface area contributed by atoms with E-state index in [2.05, 4.69) is 11.4 Å². The quantitative estimate of drug-likeness (QED) is 0.799. The highest BCUT2D eigenvalue weighted by Gasteiger charge is 2.45. The fraction of sp³-hybridized carbons (Fsp3) is 0.636. The standard InChI is InChI=1S/C22H29FN4O3/c1-22(2,3)30-21(28)27-14-5-6-15(27)11-26(10-14)19-8-18(23)16-7-13(25-4)12-29-20(16)17(19)9-24/h8,13-15,25H,5-7,10-12H2,1-4H3/t13-,14?,15?/m1/s1. The lowest BCUT2D eigenvalue weighted by atomic mass is 9.97. The number of carbonyl (C=O) groups is 1. The number of nitrogens with one attached hydrogen (secondary N) is 1. The number of benzene rings is 1. The van der Waals surface area contributed by atoms with Crippen LogP contribution in [-0.2, 0) is 11.2 Å². The zero-order chi connectivity index (χ0) is 21.6. The van der Waals surface area contributed by atoms with Crippen LogP contribution in [-0.4, -0.2) is 61.5 Å². The molecule has 2 saturated heterocycles. The Morgan fingerprint density at radius 2 is 2.00 bits per heavy atom. The van der Waals surface area contributed by atoms with Gasteiger partial charge in [0.1, 0.15) is 35.4 Å². The van der Waals surface area contributed by atoms with Gasteiger partial charge in [0.05, 0.1) is 17.8 Å². The van der Waals surface area contributed by atoms with Crippen LogP contribution >= 0.6 is 0 Å². The average Bonchev–Trinajstić information content (AvgIpc) is 2.96. The molecule has 0 spiro atoms. The van der Waals surface area contributed by atoms with Gasteiger partial charge >= 0.3 is 6.09 Å². The first-order chi connectivity index (χ1) is 14.2. The highest BCUT2D eigenvalue weighted by Crippen LogP contribution is 2.40. The van der Waals surface area contributed by atoms with Crippen LogP contribution in [0.3, 0.4) is 0 Å². The molecule has 2 fully saturated rings. The number of rotatable bonds is 2. The van der Waals surface area contributed by atoms with Crippen LogP contribution in [0.1, 0.15) is 44.7 Å². The van der Waals surface area contributed by atoms with Gasteiger partial charge in [-0.05, 0) is 53.1 Å². The Labute approximate surface area is 176 Å². The Bertz CT molecular complexity index is 878. The van der Waals surface area contributed by atoms with Crippen molar-refractivity contribution < 1.29 is 18.7 Å². The summed E-state index contributed by atoms with van der Waals surface area (Å²) >= 11 is 0. The second kappa shape index (κ2) is 7.62. The Hall–Kier alpha value is -2.53. The van der Waals surface area contributed by atoms with Crippen LogP contribution in [0.15, 0.2) is 6.07 Å². The molecule has 2 bridgehead atoms. The Balaban J connectivity index is 1.61. The van der Waals surface area contributed by atoms with E-state index in [1.54, 1.807) is 0 Å². The number of nitriles is 1. The molecular weight excluding hydrogens is 387 g/mol. The molecule has 1 aromatic rings. The average molecular weight is 416 g/mol. The van der Waals surface area contributed by atoms with Crippen molar-refractivity contribution >= 4 is 11.8 Å². The maximum absolute atomic E-state index is 15.0. The lowest BCUT2D eigenvalue weighted by molar-refractivity contribution is 0.0123. The molecule has 4 rings (SSSR count). The monoisotopic (exact) mass is 416 g/mol. The SMILES string of the molecule is CN[C@H]1COc2c(C#N)c(N3CC4CCC(C3)N4C(=O)OC(C)(C)C)cc(F)c2C1. The number of hydrogen-bond acceptors (Lipinski definition) is 6. The molecule has 30 heavy (non-hydrogen) atoms. The van der Waals surface area contributed by atoms with E-state index in [0.29, 0.717) is 48.7 Å². The van der Waals surface area contributed by atoms with E-state index in [-0.39, 0.29) is 30.0 Å². The van der Waals surface area contributed by atoms with Crippen molar-refractivity contribution in [3.8, 4) is 11.8 Å². The molecule has 0 aromatic heterocycles. The van der Waals surface area contributed by atoms with Gasteiger partial charge in [-0.2, -0.15) is 5.26 Å². The maximum Gasteiger partial charge on any atom is 0.410 e. The van der Waals surface area contributed by atoms with Crippen LogP contribution in [0.25, 0.3) is 0 Å². The molecule has 1 N–H and O–H groups in total. The molecule has 3 heterocycles. The molecule has 162 valence electrons. The number of nitrogens with zero attached hydrogens (tertiary/aromatic N) is 3. The lowest BCUT2D eigenvalue weighted by Crippen LogP contribution is -2.57. The molecule has 0 aliphatic carbocycles. The number of fused-ring (bicyclic) bond motifs is 3. The third-order valence-electron chi connectivity index (χ3n) is 6.14. The van der Waals surface area contributed by atoms with Crippen molar-refractivity contribution in [3.05, 3.63) is 23.0 Å². The molecule has 1 amide bonds. The van der Waals surface area contributed by atoms with Crippen molar-refractivity contribution in [3.63, 3.8) is 0 Å². The molecule has 3 aliphatic rings. The molecule has 1 aromatic carbocycles. The highest BCUT2D eigenvalue weighted by atomic mass is 19.1. The molecular formula is C22H29FN4O3. The van der Waals surface area contributed by atoms with Gasteiger partial charge in [-0.25, -0.2) is 9.18 Å². The van der Waals surface area contributed by atoms with Gasteiger partial charge in [-0.3, -0.25) is 4.90 Å². The topological polar surface area (TPSA) is 77.8 Å². The third-order valence-corrected chi connectivity index (χ3v) is 6.14. The minimum Gasteiger partial charge on any atom is -0.490 e. The van der Waals surface area contributed by atoms with Crippen LogP contribution in [0.5, 0.6) is 5.75 Å². The van der Waals surface area contributed by atoms with Crippen molar-refractivity contribution in [2.75, 3.05) is 31.6 Å². The first-order valence-corrected chi connectivity index (χ1v) is 10.5. The number of hydrogen-bond donors (Lipinski definition) is 1. The van der Waals surface area contributed by atoms with Crippen molar-refractivity contribution in [1.82, 2.24) is 10.2 Å². The van der Waals surface area contributed by atoms with Gasteiger partial charge in [0.15, 0.2) is 0 Å². The van der Waals surface area contributed by atoms with E-state index in [1.165, 1.54) is 6.07 Å². The summed E-state index contributed by atoms with van der Waals surface area (Å²) in [6.07, 6.45) is 1.93. The Morgan fingerprint density at radius 1 is 1.33 bits per heavy atom. The van der Waals surface area contributed by atoms with Crippen LogP contribution < -0.4 is 15.0 Å². The fourth-order valence-electron chi connectivity index (χ4n) is 4.75. The van der Waals surface area contributed by atoms with E-state index in [4.69, 9.17) is 9.47 Å². The first kappa shape index (κ1) is 20.7. The Morgan fingerprint density at radius 3 is 2.57 bits per heavy atom. The number of carbonyl (C=O) groups excluding carboxylic acids is 1. The number of anilines is 1. The van der Waals surface area contributed by atoms with Gasteiger partial charge in [0, 0.05) is 24.7 Å². The fourth-order valence-corrected chi connectivity index (χ4v) is 4.75. The molecule has 3 aliphatic heterocycles. The van der Waals surface area contributed by atoms with Crippen molar-refractivity contribution in [1.29, 1.82) is 5.26 Å². The van der Waals surface area contributed by atoms with Crippen LogP contribution in [0.4, 0.5) is 14.9 Å². The van der Waals surface area contributed by atoms with Gasteiger partial charge in [-0.1, -0.05) is 0 Å². The van der Waals surface area contributed by atoms with Gasteiger partial charge in [-0.15, -0.1) is 0 Å². The third kappa shape index (κ3) is 3.67.